The van der Waals surface area contributed by atoms with Crippen LogP contribution in [0.3, 0.4) is 0 Å². The van der Waals surface area contributed by atoms with Gasteiger partial charge in [0.2, 0.25) is 0 Å². The minimum Gasteiger partial charge on any atom is -0.454 e. The summed E-state index contributed by atoms with van der Waals surface area (Å²) < 4.78 is 9.43. The molecule has 0 amide bonds. The first-order valence-electron chi connectivity index (χ1n) is 19.8. The number of para-hydroxylation sites is 2. The Morgan fingerprint density at radius 1 is 0.414 bits per heavy atom. The van der Waals surface area contributed by atoms with E-state index in [0.29, 0.717) is 0 Å². The van der Waals surface area contributed by atoms with Gasteiger partial charge in [0.15, 0.2) is 5.58 Å². The van der Waals surface area contributed by atoms with Gasteiger partial charge in [-0.15, -0.1) is 11.3 Å². The first-order valence-corrected chi connectivity index (χ1v) is 20.7. The molecule has 0 atom stereocenters. The molecule has 0 spiro atoms. The molecule has 1 aliphatic carbocycles. The molecule has 0 fully saturated rings. The van der Waals surface area contributed by atoms with Gasteiger partial charge in [-0.1, -0.05) is 164 Å². The van der Waals surface area contributed by atoms with E-state index in [9.17, 15) is 0 Å². The number of benzene rings is 9. The van der Waals surface area contributed by atoms with E-state index in [1.165, 1.54) is 64.7 Å². The molecule has 12 rings (SSSR count). The molecule has 58 heavy (non-hydrogen) atoms. The Kier molecular flexibility index (Phi) is 7.35. The molecular weight excluding hydrogens is 723 g/mol. The van der Waals surface area contributed by atoms with Gasteiger partial charge >= 0.3 is 0 Å². The van der Waals surface area contributed by atoms with Crippen LogP contribution in [0.4, 0.5) is 17.1 Å². The first-order chi connectivity index (χ1) is 28.8. The Labute approximate surface area is 340 Å². The van der Waals surface area contributed by atoms with E-state index in [4.69, 9.17) is 4.42 Å². The van der Waals surface area contributed by atoms with E-state index >= 15 is 0 Å². The summed E-state index contributed by atoms with van der Waals surface area (Å²) in [5.74, 6) is 0. The van der Waals surface area contributed by atoms with Gasteiger partial charge in [-0.05, 0) is 87.5 Å². The number of hydrogen-bond donors (Lipinski definition) is 0. The van der Waals surface area contributed by atoms with Crippen molar-refractivity contribution in [3.05, 3.63) is 235 Å². The van der Waals surface area contributed by atoms with E-state index in [1.807, 2.05) is 17.4 Å². The van der Waals surface area contributed by atoms with Crippen molar-refractivity contribution in [1.29, 1.82) is 0 Å². The van der Waals surface area contributed by atoms with Gasteiger partial charge in [0, 0.05) is 42.2 Å². The molecule has 2 heterocycles. The number of fused-ring (bicyclic) bond motifs is 9. The van der Waals surface area contributed by atoms with Crippen LogP contribution in [0.1, 0.15) is 22.3 Å². The predicted octanol–water partition coefficient (Wildman–Crippen LogP) is 15.5. The fourth-order valence-electron chi connectivity index (χ4n) is 9.69. The summed E-state index contributed by atoms with van der Waals surface area (Å²) in [6.07, 6.45) is 0. The molecule has 2 aromatic heterocycles. The monoisotopic (exact) mass is 757 g/mol. The average molecular weight is 758 g/mol. The number of thiophene rings is 1. The van der Waals surface area contributed by atoms with Crippen molar-refractivity contribution in [2.45, 2.75) is 5.41 Å². The highest BCUT2D eigenvalue weighted by Gasteiger charge is 2.47. The minimum absolute atomic E-state index is 0.518. The van der Waals surface area contributed by atoms with Crippen molar-refractivity contribution >= 4 is 70.5 Å². The predicted molar refractivity (Wildman–Crippen MR) is 244 cm³/mol. The van der Waals surface area contributed by atoms with E-state index in [0.717, 1.165) is 39.0 Å². The number of furan rings is 1. The lowest BCUT2D eigenvalue weighted by molar-refractivity contribution is 0.669. The maximum absolute atomic E-state index is 6.80. The third-order valence-corrected chi connectivity index (χ3v) is 13.3. The van der Waals surface area contributed by atoms with Crippen molar-refractivity contribution < 1.29 is 4.42 Å². The van der Waals surface area contributed by atoms with Gasteiger partial charge in [-0.3, -0.25) is 0 Å². The second kappa shape index (κ2) is 12.9. The third kappa shape index (κ3) is 4.78. The molecule has 9 aromatic carbocycles. The van der Waals surface area contributed by atoms with Gasteiger partial charge in [-0.25, -0.2) is 0 Å². The second-order valence-corrected chi connectivity index (χ2v) is 16.3. The Morgan fingerprint density at radius 3 is 1.83 bits per heavy atom. The molecule has 0 bridgehead atoms. The standard InChI is InChI=1S/C55H35NOS/c1-3-15-38(16-4-1)55(39-17-5-2-6-18-39)46-23-10-7-21-44(46)53-47(55)24-14-25-48(53)56(49-26-13-22-43-41-19-8-11-27-50(41)57-54(43)49)40-32-29-36(30-33-40)37-31-34-52-45(35-37)42-20-9-12-28-51(42)58-52/h1-35H. The summed E-state index contributed by atoms with van der Waals surface area (Å²) in [5, 5.41) is 4.83. The lowest BCUT2D eigenvalue weighted by Gasteiger charge is -2.34. The molecule has 0 saturated heterocycles. The molecule has 3 heteroatoms. The largest absolute Gasteiger partial charge is 0.454 e. The SMILES string of the molecule is c1ccc(C2(c3ccccc3)c3ccccc3-c3c(N(c4ccc(-c5ccc6sc7ccccc7c6c5)cc4)c4cccc5c4oc4ccccc45)cccc32)cc1. The van der Waals surface area contributed by atoms with E-state index in [-0.39, 0.29) is 0 Å². The summed E-state index contributed by atoms with van der Waals surface area (Å²) >= 11 is 1.86. The Morgan fingerprint density at radius 2 is 1.02 bits per heavy atom. The zero-order valence-corrected chi connectivity index (χ0v) is 32.3. The summed E-state index contributed by atoms with van der Waals surface area (Å²) in [4.78, 5) is 2.42. The zero-order valence-electron chi connectivity index (χ0n) is 31.5. The van der Waals surface area contributed by atoms with Crippen molar-refractivity contribution in [2.75, 3.05) is 4.90 Å². The summed E-state index contributed by atoms with van der Waals surface area (Å²) in [7, 11) is 0. The molecule has 0 unspecified atom stereocenters. The van der Waals surface area contributed by atoms with Crippen LogP contribution >= 0.6 is 11.3 Å². The van der Waals surface area contributed by atoms with Gasteiger partial charge in [0.1, 0.15) is 5.58 Å². The average Bonchev–Trinajstić information content (AvgIpc) is 3.96. The summed E-state index contributed by atoms with van der Waals surface area (Å²) in [5.41, 5.74) is 14.3. The van der Waals surface area contributed by atoms with E-state index in [1.54, 1.807) is 0 Å². The summed E-state index contributed by atoms with van der Waals surface area (Å²) in [6.45, 7) is 0. The smallest absolute Gasteiger partial charge is 0.159 e. The Hall–Kier alpha value is -7.20. The van der Waals surface area contributed by atoms with Gasteiger partial charge in [0.25, 0.3) is 0 Å². The van der Waals surface area contributed by atoms with Crippen molar-refractivity contribution in [2.24, 2.45) is 0 Å². The first kappa shape index (κ1) is 33.0. The van der Waals surface area contributed by atoms with E-state index in [2.05, 4.69) is 211 Å². The highest BCUT2D eigenvalue weighted by Crippen LogP contribution is 2.60. The van der Waals surface area contributed by atoms with Crippen molar-refractivity contribution in [3.63, 3.8) is 0 Å². The Balaban J connectivity index is 1.11. The van der Waals surface area contributed by atoms with E-state index < -0.39 is 5.41 Å². The zero-order chi connectivity index (χ0) is 38.2. The maximum Gasteiger partial charge on any atom is 0.159 e. The van der Waals surface area contributed by atoms with Crippen molar-refractivity contribution in [1.82, 2.24) is 0 Å². The Bertz CT molecular complexity index is 3300. The van der Waals surface area contributed by atoms with Crippen LogP contribution in [-0.4, -0.2) is 0 Å². The third-order valence-electron chi connectivity index (χ3n) is 12.2. The van der Waals surface area contributed by atoms with Crippen LogP contribution in [-0.2, 0) is 5.41 Å². The molecular formula is C55H35NOS. The fourth-order valence-corrected chi connectivity index (χ4v) is 10.8. The molecule has 0 radical (unpaired) electrons. The fraction of sp³-hybridized carbons (Fsp3) is 0.0182. The topological polar surface area (TPSA) is 16.4 Å². The minimum atomic E-state index is -0.518. The molecule has 0 N–H and O–H groups in total. The van der Waals surface area contributed by atoms with Gasteiger partial charge in [-0.2, -0.15) is 0 Å². The van der Waals surface area contributed by atoms with Crippen LogP contribution in [0.5, 0.6) is 0 Å². The summed E-state index contributed by atoms with van der Waals surface area (Å²) in [6, 6.07) is 77.5. The molecule has 0 aliphatic heterocycles. The molecule has 272 valence electrons. The quantitative estimate of drug-likeness (QED) is 0.168. The number of anilines is 3. The highest BCUT2D eigenvalue weighted by atomic mass is 32.1. The number of hydrogen-bond acceptors (Lipinski definition) is 3. The molecule has 2 nitrogen and oxygen atoms in total. The molecule has 0 saturated carbocycles. The highest BCUT2D eigenvalue weighted by molar-refractivity contribution is 7.25. The van der Waals surface area contributed by atoms with Crippen LogP contribution < -0.4 is 4.90 Å². The van der Waals surface area contributed by atoms with Gasteiger partial charge in [0.05, 0.1) is 16.8 Å². The van der Waals surface area contributed by atoms with Crippen LogP contribution in [0.15, 0.2) is 217 Å². The lowest BCUT2D eigenvalue weighted by Crippen LogP contribution is -2.28. The second-order valence-electron chi connectivity index (χ2n) is 15.2. The molecule has 1 aliphatic rings. The molecule has 11 aromatic rings. The van der Waals surface area contributed by atoms with Crippen LogP contribution in [0.25, 0.3) is 64.4 Å². The maximum atomic E-state index is 6.80. The van der Waals surface area contributed by atoms with Crippen LogP contribution in [0, 0.1) is 0 Å². The van der Waals surface area contributed by atoms with Crippen molar-refractivity contribution in [3.8, 4) is 22.3 Å². The van der Waals surface area contributed by atoms with Gasteiger partial charge < -0.3 is 9.32 Å². The lowest BCUT2D eigenvalue weighted by atomic mass is 9.68. The normalized spacial score (nSPS) is 13.0. The number of rotatable bonds is 6. The van der Waals surface area contributed by atoms with Crippen LogP contribution in [0.2, 0.25) is 0 Å². The number of nitrogens with zero attached hydrogens (tertiary/aromatic N) is 1.